The van der Waals surface area contributed by atoms with E-state index in [1.165, 1.54) is 22.5 Å². The van der Waals surface area contributed by atoms with Gasteiger partial charge in [0.25, 0.3) is 0 Å². The van der Waals surface area contributed by atoms with E-state index in [4.69, 9.17) is 5.14 Å². The number of carbonyl (C=O) groups is 1. The second-order valence-electron chi connectivity index (χ2n) is 5.71. The van der Waals surface area contributed by atoms with Crippen molar-refractivity contribution in [3.63, 3.8) is 0 Å². The third-order valence-electron chi connectivity index (χ3n) is 3.85. The SMILES string of the molecule is CS(=O)(=O)N1CCCC1C(=O)Nc1nc2ccc(S(N)(=O)=O)cc2s1. The Morgan fingerprint density at radius 1 is 1.36 bits per heavy atom. The highest BCUT2D eigenvalue weighted by Crippen LogP contribution is 2.29. The highest BCUT2D eigenvalue weighted by atomic mass is 32.2. The zero-order valence-electron chi connectivity index (χ0n) is 13.2. The predicted octanol–water partition coefficient (Wildman–Crippen LogP) is 0.306. The molecule has 3 rings (SSSR count). The molecule has 0 spiro atoms. The minimum atomic E-state index is -3.83. The number of thiazole rings is 1. The third kappa shape index (κ3) is 3.82. The number of sulfonamides is 2. The second-order valence-corrected chi connectivity index (χ2v) is 10.2. The van der Waals surface area contributed by atoms with E-state index in [1.807, 2.05) is 0 Å². The van der Waals surface area contributed by atoms with Gasteiger partial charge in [0, 0.05) is 6.54 Å². The van der Waals surface area contributed by atoms with Gasteiger partial charge in [0.2, 0.25) is 26.0 Å². The fraction of sp³-hybridized carbons (Fsp3) is 0.385. The minimum Gasteiger partial charge on any atom is -0.301 e. The maximum absolute atomic E-state index is 12.4. The number of nitrogens with one attached hydrogen (secondary N) is 1. The first-order valence-electron chi connectivity index (χ1n) is 7.27. The lowest BCUT2D eigenvalue weighted by atomic mass is 10.2. The average Bonchev–Trinajstić information content (AvgIpc) is 3.11. The molecule has 1 aromatic carbocycles. The maximum atomic E-state index is 12.4. The largest absolute Gasteiger partial charge is 0.301 e. The zero-order valence-corrected chi connectivity index (χ0v) is 15.6. The smallest absolute Gasteiger partial charge is 0.244 e. The van der Waals surface area contributed by atoms with Crippen LogP contribution in [0.5, 0.6) is 0 Å². The average molecular weight is 404 g/mol. The first-order valence-corrected chi connectivity index (χ1v) is 11.5. The number of rotatable bonds is 4. The van der Waals surface area contributed by atoms with Crippen LogP contribution in [-0.4, -0.2) is 50.9 Å². The van der Waals surface area contributed by atoms with Gasteiger partial charge in [-0.2, -0.15) is 4.31 Å². The molecule has 1 aliphatic rings. The van der Waals surface area contributed by atoms with E-state index in [2.05, 4.69) is 10.3 Å². The van der Waals surface area contributed by atoms with Gasteiger partial charge in [0.15, 0.2) is 5.13 Å². The monoisotopic (exact) mass is 404 g/mol. The molecule has 12 heteroatoms. The summed E-state index contributed by atoms with van der Waals surface area (Å²) in [6, 6.07) is 3.46. The number of amides is 1. The Morgan fingerprint density at radius 3 is 2.72 bits per heavy atom. The van der Waals surface area contributed by atoms with Gasteiger partial charge < -0.3 is 5.32 Å². The van der Waals surface area contributed by atoms with Crippen molar-refractivity contribution < 1.29 is 21.6 Å². The number of benzene rings is 1. The van der Waals surface area contributed by atoms with Crippen molar-refractivity contribution in [1.29, 1.82) is 0 Å². The Kier molecular flexibility index (Phi) is 4.58. The molecule has 25 heavy (non-hydrogen) atoms. The summed E-state index contributed by atoms with van der Waals surface area (Å²) in [5.74, 6) is -0.450. The molecule has 136 valence electrons. The number of hydrogen-bond donors (Lipinski definition) is 2. The Balaban J connectivity index is 1.84. The summed E-state index contributed by atoms with van der Waals surface area (Å²) in [5, 5.41) is 7.98. The van der Waals surface area contributed by atoms with Crippen LogP contribution in [0.1, 0.15) is 12.8 Å². The van der Waals surface area contributed by atoms with E-state index in [0.717, 1.165) is 17.6 Å². The van der Waals surface area contributed by atoms with Crippen LogP contribution in [0, 0.1) is 0 Å². The first kappa shape index (κ1) is 18.2. The van der Waals surface area contributed by atoms with Gasteiger partial charge >= 0.3 is 0 Å². The molecule has 0 saturated carbocycles. The van der Waals surface area contributed by atoms with Gasteiger partial charge in [-0.25, -0.2) is 27.0 Å². The molecule has 3 N–H and O–H groups in total. The van der Waals surface area contributed by atoms with Gasteiger partial charge in [0.05, 0.1) is 21.4 Å². The summed E-state index contributed by atoms with van der Waals surface area (Å²) in [6.07, 6.45) is 2.13. The van der Waals surface area contributed by atoms with Crippen molar-refractivity contribution in [2.45, 2.75) is 23.8 Å². The number of carbonyl (C=O) groups excluding carboxylic acids is 1. The summed E-state index contributed by atoms with van der Waals surface area (Å²) in [6.45, 7) is 0.314. The molecule has 0 radical (unpaired) electrons. The standard InChI is InChI=1S/C13H16N4O5S3/c1-24(19,20)17-6-2-3-10(17)12(18)16-13-15-9-5-4-8(25(14,21)22)7-11(9)23-13/h4-5,7,10H,2-3,6H2,1H3,(H2,14,21,22)(H,15,16,18). The maximum Gasteiger partial charge on any atom is 0.244 e. The Labute approximate surface area is 148 Å². The topological polar surface area (TPSA) is 140 Å². The van der Waals surface area contributed by atoms with Gasteiger partial charge in [-0.05, 0) is 31.0 Å². The molecule has 1 aliphatic heterocycles. The van der Waals surface area contributed by atoms with E-state index >= 15 is 0 Å². The highest BCUT2D eigenvalue weighted by Gasteiger charge is 2.36. The molecular weight excluding hydrogens is 388 g/mol. The molecule has 1 unspecified atom stereocenters. The van der Waals surface area contributed by atoms with Crippen LogP contribution < -0.4 is 10.5 Å². The van der Waals surface area contributed by atoms with Crippen molar-refractivity contribution >= 4 is 52.6 Å². The normalized spacial score (nSPS) is 19.4. The predicted molar refractivity (Wildman–Crippen MR) is 94.2 cm³/mol. The van der Waals surface area contributed by atoms with Crippen LogP contribution >= 0.6 is 11.3 Å². The molecule has 0 aliphatic carbocycles. The van der Waals surface area contributed by atoms with Crippen molar-refractivity contribution in [3.8, 4) is 0 Å². The summed E-state index contributed by atoms with van der Waals surface area (Å²) >= 11 is 1.09. The van der Waals surface area contributed by atoms with Crippen LogP contribution in [0.15, 0.2) is 23.1 Å². The molecule has 2 heterocycles. The number of nitrogens with zero attached hydrogens (tertiary/aromatic N) is 2. The minimum absolute atomic E-state index is 0.0411. The van der Waals surface area contributed by atoms with Crippen LogP contribution in [-0.2, 0) is 24.8 Å². The summed E-state index contributed by atoms with van der Waals surface area (Å²) < 4.78 is 48.0. The molecule has 0 bridgehead atoms. The van der Waals surface area contributed by atoms with E-state index < -0.39 is 32.0 Å². The van der Waals surface area contributed by atoms with E-state index in [-0.39, 0.29) is 10.0 Å². The number of hydrogen-bond acceptors (Lipinski definition) is 7. The molecule has 1 saturated heterocycles. The molecule has 2 aromatic rings. The Morgan fingerprint density at radius 2 is 2.08 bits per heavy atom. The van der Waals surface area contributed by atoms with Crippen LogP contribution in [0.25, 0.3) is 10.2 Å². The molecule has 1 fully saturated rings. The number of fused-ring (bicyclic) bond motifs is 1. The lowest BCUT2D eigenvalue weighted by Gasteiger charge is -2.20. The molecule has 1 aromatic heterocycles. The van der Waals surface area contributed by atoms with E-state index in [9.17, 15) is 21.6 Å². The molecule has 9 nitrogen and oxygen atoms in total. The van der Waals surface area contributed by atoms with Crippen molar-refractivity contribution in [2.75, 3.05) is 18.1 Å². The Bertz CT molecular complexity index is 1040. The third-order valence-corrected chi connectivity index (χ3v) is 6.98. The van der Waals surface area contributed by atoms with Crippen molar-refractivity contribution in [1.82, 2.24) is 9.29 Å². The van der Waals surface area contributed by atoms with Crippen LogP contribution in [0.3, 0.4) is 0 Å². The second kappa shape index (κ2) is 6.29. The highest BCUT2D eigenvalue weighted by molar-refractivity contribution is 7.89. The quantitative estimate of drug-likeness (QED) is 0.751. The molecule has 1 atom stereocenters. The Hall–Kier alpha value is -1.60. The summed E-state index contributed by atoms with van der Waals surface area (Å²) in [5.41, 5.74) is 0.513. The van der Waals surface area contributed by atoms with Gasteiger partial charge in [0.1, 0.15) is 6.04 Å². The van der Waals surface area contributed by atoms with Crippen LogP contribution in [0.2, 0.25) is 0 Å². The van der Waals surface area contributed by atoms with E-state index in [0.29, 0.717) is 29.6 Å². The number of anilines is 1. The fourth-order valence-electron chi connectivity index (χ4n) is 2.72. The summed E-state index contributed by atoms with van der Waals surface area (Å²) in [4.78, 5) is 16.6. The number of aromatic nitrogens is 1. The fourth-order valence-corrected chi connectivity index (χ4v) is 5.37. The summed E-state index contributed by atoms with van der Waals surface area (Å²) in [7, 11) is -7.29. The molecular formula is C13H16N4O5S3. The van der Waals surface area contributed by atoms with Gasteiger partial charge in [-0.1, -0.05) is 11.3 Å². The first-order chi connectivity index (χ1) is 11.6. The molecule has 1 amide bonds. The van der Waals surface area contributed by atoms with E-state index in [1.54, 1.807) is 0 Å². The van der Waals surface area contributed by atoms with Crippen LogP contribution in [0.4, 0.5) is 5.13 Å². The van der Waals surface area contributed by atoms with Crippen molar-refractivity contribution in [2.24, 2.45) is 5.14 Å². The van der Waals surface area contributed by atoms with Crippen molar-refractivity contribution in [3.05, 3.63) is 18.2 Å². The zero-order chi connectivity index (χ0) is 18.4. The van der Waals surface area contributed by atoms with Gasteiger partial charge in [-0.3, -0.25) is 4.79 Å². The van der Waals surface area contributed by atoms with Gasteiger partial charge in [-0.15, -0.1) is 0 Å². The lowest BCUT2D eigenvalue weighted by Crippen LogP contribution is -2.42. The number of nitrogens with two attached hydrogens (primary N) is 1. The number of primary sulfonamides is 1. The lowest BCUT2D eigenvalue weighted by molar-refractivity contribution is -0.119.